The monoisotopic (exact) mass is 296 g/mol. The van der Waals surface area contributed by atoms with Crippen molar-refractivity contribution in [3.8, 4) is 5.75 Å². The highest BCUT2D eigenvalue weighted by Crippen LogP contribution is 2.33. The number of benzene rings is 2. The summed E-state index contributed by atoms with van der Waals surface area (Å²) in [7, 11) is 0. The Labute approximate surface area is 132 Å². The van der Waals surface area contributed by atoms with Crippen LogP contribution in [0, 0.1) is 0 Å². The van der Waals surface area contributed by atoms with Crippen molar-refractivity contribution in [3.05, 3.63) is 59.7 Å². The summed E-state index contributed by atoms with van der Waals surface area (Å²) in [5.74, 6) is 0.956. The Morgan fingerprint density at radius 2 is 1.91 bits per heavy atom. The quantitative estimate of drug-likeness (QED) is 0.827. The largest absolute Gasteiger partial charge is 0.484 e. The Morgan fingerprint density at radius 1 is 1.09 bits per heavy atom. The van der Waals surface area contributed by atoms with Crippen LogP contribution in [0.3, 0.4) is 0 Å². The summed E-state index contributed by atoms with van der Waals surface area (Å²) in [6.07, 6.45) is 1.02. The zero-order valence-corrected chi connectivity index (χ0v) is 13.4. The number of anilines is 1. The molecule has 0 saturated carbocycles. The molecule has 0 aromatic heterocycles. The van der Waals surface area contributed by atoms with Crippen LogP contribution in [0.4, 0.5) is 5.69 Å². The number of nitrogens with one attached hydrogen (secondary N) is 2. The van der Waals surface area contributed by atoms with Gasteiger partial charge in [-0.1, -0.05) is 36.4 Å². The molecule has 0 spiro atoms. The van der Waals surface area contributed by atoms with Crippen LogP contribution in [-0.2, 0) is 13.0 Å². The van der Waals surface area contributed by atoms with Gasteiger partial charge in [-0.3, -0.25) is 0 Å². The first-order valence-electron chi connectivity index (χ1n) is 7.93. The highest BCUT2D eigenvalue weighted by Gasteiger charge is 2.25. The first-order valence-corrected chi connectivity index (χ1v) is 7.93. The molecule has 1 heterocycles. The standard InChI is InChI=1S/C19H24N2O/c1-19(2)14-21-17-12-15(8-9-18(17)22-19)10-11-20-13-16-6-4-3-5-7-16/h3-9,12,20-21H,10-11,13-14H2,1-2H3. The summed E-state index contributed by atoms with van der Waals surface area (Å²) in [5.41, 5.74) is 3.63. The fourth-order valence-electron chi connectivity index (χ4n) is 2.66. The van der Waals surface area contributed by atoms with Gasteiger partial charge in [0.2, 0.25) is 0 Å². The molecule has 0 unspecified atom stereocenters. The van der Waals surface area contributed by atoms with E-state index in [0.717, 1.165) is 37.5 Å². The first kappa shape index (κ1) is 14.9. The maximum Gasteiger partial charge on any atom is 0.143 e. The first-order chi connectivity index (χ1) is 10.6. The number of rotatable bonds is 5. The van der Waals surface area contributed by atoms with Crippen LogP contribution in [0.5, 0.6) is 5.75 Å². The number of ether oxygens (including phenoxy) is 1. The predicted molar refractivity (Wildman–Crippen MR) is 91.5 cm³/mol. The lowest BCUT2D eigenvalue weighted by molar-refractivity contribution is 0.116. The summed E-state index contributed by atoms with van der Waals surface area (Å²) in [5, 5.41) is 6.96. The maximum absolute atomic E-state index is 5.98. The Morgan fingerprint density at radius 3 is 2.73 bits per heavy atom. The molecule has 0 saturated heterocycles. The molecule has 116 valence electrons. The Kier molecular flexibility index (Phi) is 4.34. The van der Waals surface area contributed by atoms with Gasteiger partial charge < -0.3 is 15.4 Å². The molecule has 2 aromatic carbocycles. The van der Waals surface area contributed by atoms with Gasteiger partial charge in [-0.05, 0) is 50.1 Å². The van der Waals surface area contributed by atoms with Crippen molar-refractivity contribution >= 4 is 5.69 Å². The Hall–Kier alpha value is -2.00. The van der Waals surface area contributed by atoms with Gasteiger partial charge in [-0.15, -0.1) is 0 Å². The van der Waals surface area contributed by atoms with Gasteiger partial charge in [0.15, 0.2) is 0 Å². The molecule has 2 N–H and O–H groups in total. The SMILES string of the molecule is CC1(C)CNc2cc(CCNCc3ccccc3)ccc2O1. The van der Waals surface area contributed by atoms with Gasteiger partial charge in [0.05, 0.1) is 12.2 Å². The van der Waals surface area contributed by atoms with Gasteiger partial charge in [-0.2, -0.15) is 0 Å². The molecule has 3 nitrogen and oxygen atoms in total. The molecule has 0 amide bonds. The minimum absolute atomic E-state index is 0.133. The third-order valence-corrected chi connectivity index (χ3v) is 3.90. The zero-order chi connectivity index (χ0) is 15.4. The summed E-state index contributed by atoms with van der Waals surface area (Å²) in [6, 6.07) is 16.9. The van der Waals surface area contributed by atoms with Crippen LogP contribution in [0.25, 0.3) is 0 Å². The molecule has 2 aromatic rings. The second-order valence-electron chi connectivity index (χ2n) is 6.46. The molecular formula is C19H24N2O. The van der Waals surface area contributed by atoms with Crippen molar-refractivity contribution in [1.29, 1.82) is 0 Å². The van der Waals surface area contributed by atoms with E-state index in [1.807, 2.05) is 6.07 Å². The van der Waals surface area contributed by atoms with Crippen LogP contribution in [0.1, 0.15) is 25.0 Å². The van der Waals surface area contributed by atoms with E-state index in [4.69, 9.17) is 4.74 Å². The maximum atomic E-state index is 5.98. The molecule has 1 aliphatic heterocycles. The van der Waals surface area contributed by atoms with E-state index in [1.165, 1.54) is 11.1 Å². The van der Waals surface area contributed by atoms with Crippen LogP contribution in [0.15, 0.2) is 48.5 Å². The zero-order valence-electron chi connectivity index (χ0n) is 13.4. The fraction of sp³-hybridized carbons (Fsp3) is 0.368. The Balaban J connectivity index is 1.51. The molecule has 0 atom stereocenters. The molecule has 22 heavy (non-hydrogen) atoms. The van der Waals surface area contributed by atoms with Crippen LogP contribution in [0.2, 0.25) is 0 Å². The van der Waals surface area contributed by atoms with E-state index in [1.54, 1.807) is 0 Å². The van der Waals surface area contributed by atoms with Crippen molar-refractivity contribution in [1.82, 2.24) is 5.32 Å². The Bertz CT molecular complexity index is 623. The summed E-state index contributed by atoms with van der Waals surface area (Å²) in [6.45, 7) is 6.94. The van der Waals surface area contributed by atoms with Crippen molar-refractivity contribution in [3.63, 3.8) is 0 Å². The summed E-state index contributed by atoms with van der Waals surface area (Å²) >= 11 is 0. The lowest BCUT2D eigenvalue weighted by atomic mass is 10.0. The molecule has 0 bridgehead atoms. The van der Waals surface area contributed by atoms with E-state index < -0.39 is 0 Å². The second kappa shape index (κ2) is 6.41. The highest BCUT2D eigenvalue weighted by atomic mass is 16.5. The van der Waals surface area contributed by atoms with Gasteiger partial charge in [0.1, 0.15) is 11.4 Å². The summed E-state index contributed by atoms with van der Waals surface area (Å²) < 4.78 is 5.98. The molecule has 3 heteroatoms. The molecule has 0 radical (unpaired) electrons. The average molecular weight is 296 g/mol. The molecular weight excluding hydrogens is 272 g/mol. The van der Waals surface area contributed by atoms with E-state index >= 15 is 0 Å². The van der Waals surface area contributed by atoms with E-state index in [0.29, 0.717) is 0 Å². The van der Waals surface area contributed by atoms with Gasteiger partial charge in [0, 0.05) is 6.54 Å². The number of hydrogen-bond donors (Lipinski definition) is 2. The topological polar surface area (TPSA) is 33.3 Å². The smallest absolute Gasteiger partial charge is 0.143 e. The fourth-order valence-corrected chi connectivity index (χ4v) is 2.66. The highest BCUT2D eigenvalue weighted by molar-refractivity contribution is 5.60. The second-order valence-corrected chi connectivity index (χ2v) is 6.46. The van der Waals surface area contributed by atoms with Gasteiger partial charge >= 0.3 is 0 Å². The van der Waals surface area contributed by atoms with Gasteiger partial charge in [-0.25, -0.2) is 0 Å². The summed E-state index contributed by atoms with van der Waals surface area (Å²) in [4.78, 5) is 0. The van der Waals surface area contributed by atoms with E-state index in [-0.39, 0.29) is 5.60 Å². The average Bonchev–Trinajstić information content (AvgIpc) is 2.52. The number of fused-ring (bicyclic) bond motifs is 1. The minimum Gasteiger partial charge on any atom is -0.484 e. The van der Waals surface area contributed by atoms with Crippen LogP contribution < -0.4 is 15.4 Å². The number of hydrogen-bond acceptors (Lipinski definition) is 3. The minimum atomic E-state index is -0.133. The molecule has 0 aliphatic carbocycles. The van der Waals surface area contributed by atoms with Crippen molar-refractivity contribution < 1.29 is 4.74 Å². The van der Waals surface area contributed by atoms with Crippen LogP contribution in [-0.4, -0.2) is 18.7 Å². The molecule has 3 rings (SSSR count). The normalized spacial score (nSPS) is 15.5. The lowest BCUT2D eigenvalue weighted by Gasteiger charge is -2.33. The van der Waals surface area contributed by atoms with Crippen molar-refractivity contribution in [2.45, 2.75) is 32.4 Å². The van der Waals surface area contributed by atoms with E-state index in [9.17, 15) is 0 Å². The van der Waals surface area contributed by atoms with Gasteiger partial charge in [0.25, 0.3) is 0 Å². The molecule has 1 aliphatic rings. The van der Waals surface area contributed by atoms with Crippen molar-refractivity contribution in [2.75, 3.05) is 18.4 Å². The lowest BCUT2D eigenvalue weighted by Crippen LogP contribution is -2.40. The third kappa shape index (κ3) is 3.80. The third-order valence-electron chi connectivity index (χ3n) is 3.90. The predicted octanol–water partition coefficient (Wildman–Crippen LogP) is 3.60. The van der Waals surface area contributed by atoms with E-state index in [2.05, 4.69) is 66.9 Å². The van der Waals surface area contributed by atoms with Crippen LogP contribution >= 0.6 is 0 Å². The van der Waals surface area contributed by atoms with Crippen molar-refractivity contribution in [2.24, 2.45) is 0 Å². The molecule has 0 fully saturated rings.